The van der Waals surface area contributed by atoms with Crippen LogP contribution in [0, 0.1) is 5.82 Å². The average molecular weight is 193 g/mol. The first kappa shape index (κ1) is 8.99. The zero-order chi connectivity index (χ0) is 10.3. The fourth-order valence-corrected chi connectivity index (χ4v) is 1.59. The molecule has 1 aromatic carbocycles. The molecule has 0 unspecified atom stereocenters. The van der Waals surface area contributed by atoms with Crippen molar-refractivity contribution in [1.29, 1.82) is 0 Å². The number of rotatable bonds is 1. The van der Waals surface area contributed by atoms with E-state index in [1.54, 1.807) is 6.07 Å². The van der Waals surface area contributed by atoms with Crippen LogP contribution in [0.3, 0.4) is 0 Å². The molecular weight excluding hydrogens is 181 g/mol. The molecule has 0 saturated heterocycles. The number of benzene rings is 1. The first-order chi connectivity index (χ1) is 6.63. The van der Waals surface area contributed by atoms with Crippen molar-refractivity contribution in [2.75, 3.05) is 5.73 Å². The summed E-state index contributed by atoms with van der Waals surface area (Å²) in [5.41, 5.74) is 7.15. The topological polar surface area (TPSA) is 43.8 Å². The maximum atomic E-state index is 13.2. The number of nitrogens with two attached hydrogens (primary N) is 1. The van der Waals surface area contributed by atoms with Gasteiger partial charge in [0.15, 0.2) is 0 Å². The molecule has 74 valence electrons. The van der Waals surface area contributed by atoms with Gasteiger partial charge in [-0.2, -0.15) is 0 Å². The first-order valence-electron chi connectivity index (χ1n) is 4.53. The predicted molar refractivity (Wildman–Crippen MR) is 54.5 cm³/mol. The van der Waals surface area contributed by atoms with E-state index in [1.807, 2.05) is 18.5 Å². The van der Waals surface area contributed by atoms with Gasteiger partial charge in [0, 0.05) is 19.5 Å². The number of halogens is 1. The van der Waals surface area contributed by atoms with E-state index in [4.69, 9.17) is 5.73 Å². The van der Waals surface area contributed by atoms with Crippen molar-refractivity contribution < 1.29 is 4.39 Å². The van der Waals surface area contributed by atoms with Gasteiger partial charge in [0.1, 0.15) is 11.6 Å². The molecule has 0 radical (unpaired) electrons. The highest BCUT2D eigenvalue weighted by atomic mass is 19.1. The molecule has 1 heterocycles. The Labute approximate surface area is 81.4 Å². The standard InChI is InChI=1S/C10H12FN3/c1-3-10-13-8-5-7(12)6(11)4-9(8)14(10)2/h4-5H,3,12H2,1-2H3. The molecule has 0 saturated carbocycles. The number of imidazole rings is 1. The third-order valence-corrected chi connectivity index (χ3v) is 2.41. The third-order valence-electron chi connectivity index (χ3n) is 2.41. The smallest absolute Gasteiger partial charge is 0.148 e. The van der Waals surface area contributed by atoms with Gasteiger partial charge in [-0.3, -0.25) is 0 Å². The largest absolute Gasteiger partial charge is 0.396 e. The Hall–Kier alpha value is -1.58. The van der Waals surface area contributed by atoms with E-state index >= 15 is 0 Å². The van der Waals surface area contributed by atoms with Crippen LogP contribution >= 0.6 is 0 Å². The lowest BCUT2D eigenvalue weighted by Gasteiger charge is -1.99. The Bertz CT molecular complexity index is 488. The average Bonchev–Trinajstić information content (AvgIpc) is 2.45. The lowest BCUT2D eigenvalue weighted by molar-refractivity contribution is 0.633. The van der Waals surface area contributed by atoms with Gasteiger partial charge in [0.05, 0.1) is 16.7 Å². The number of hydrogen-bond acceptors (Lipinski definition) is 2. The van der Waals surface area contributed by atoms with Gasteiger partial charge < -0.3 is 10.3 Å². The highest BCUT2D eigenvalue weighted by Gasteiger charge is 2.08. The molecule has 0 spiro atoms. The van der Waals surface area contributed by atoms with E-state index in [-0.39, 0.29) is 11.5 Å². The predicted octanol–water partition coefficient (Wildman–Crippen LogP) is 1.86. The van der Waals surface area contributed by atoms with Crippen LogP contribution in [0.5, 0.6) is 0 Å². The molecule has 0 aliphatic heterocycles. The van der Waals surface area contributed by atoms with Crippen LogP contribution in [0.2, 0.25) is 0 Å². The molecule has 0 fully saturated rings. The molecule has 0 atom stereocenters. The number of hydrogen-bond donors (Lipinski definition) is 1. The molecule has 0 aliphatic carbocycles. The monoisotopic (exact) mass is 193 g/mol. The van der Waals surface area contributed by atoms with Crippen molar-refractivity contribution in [3.63, 3.8) is 0 Å². The van der Waals surface area contributed by atoms with Crippen LogP contribution in [-0.2, 0) is 13.5 Å². The third kappa shape index (κ3) is 1.14. The lowest BCUT2D eigenvalue weighted by atomic mass is 10.2. The molecule has 2 rings (SSSR count). The van der Waals surface area contributed by atoms with Crippen LogP contribution < -0.4 is 5.73 Å². The van der Waals surface area contributed by atoms with E-state index in [0.717, 1.165) is 23.3 Å². The summed E-state index contributed by atoms with van der Waals surface area (Å²) < 4.78 is 15.1. The Morgan fingerprint density at radius 3 is 2.86 bits per heavy atom. The van der Waals surface area contributed by atoms with Crippen LogP contribution in [0.4, 0.5) is 10.1 Å². The summed E-state index contributed by atoms with van der Waals surface area (Å²) in [6.07, 6.45) is 0.826. The van der Waals surface area contributed by atoms with E-state index in [2.05, 4.69) is 4.98 Å². The Balaban J connectivity index is 2.80. The molecule has 3 nitrogen and oxygen atoms in total. The molecule has 0 amide bonds. The van der Waals surface area contributed by atoms with Gasteiger partial charge in [0.25, 0.3) is 0 Å². The summed E-state index contributed by atoms with van der Waals surface area (Å²) in [6.45, 7) is 2.01. The van der Waals surface area contributed by atoms with Crippen molar-refractivity contribution in [3.05, 3.63) is 23.8 Å². The number of fused-ring (bicyclic) bond motifs is 1. The highest BCUT2D eigenvalue weighted by Crippen LogP contribution is 2.21. The second kappa shape index (κ2) is 2.97. The zero-order valence-corrected chi connectivity index (χ0v) is 8.21. The molecule has 14 heavy (non-hydrogen) atoms. The Morgan fingerprint density at radius 2 is 2.21 bits per heavy atom. The van der Waals surface area contributed by atoms with E-state index in [1.165, 1.54) is 6.07 Å². The summed E-state index contributed by atoms with van der Waals surface area (Å²) in [5.74, 6) is 0.549. The van der Waals surface area contributed by atoms with Gasteiger partial charge in [-0.15, -0.1) is 0 Å². The van der Waals surface area contributed by atoms with Crippen molar-refractivity contribution in [1.82, 2.24) is 9.55 Å². The van der Waals surface area contributed by atoms with Gasteiger partial charge in [-0.1, -0.05) is 6.92 Å². The van der Waals surface area contributed by atoms with Crippen molar-refractivity contribution in [3.8, 4) is 0 Å². The van der Waals surface area contributed by atoms with Gasteiger partial charge in [-0.25, -0.2) is 9.37 Å². The Morgan fingerprint density at radius 1 is 1.50 bits per heavy atom. The lowest BCUT2D eigenvalue weighted by Crippen LogP contribution is -1.95. The number of aromatic nitrogens is 2. The molecule has 0 aliphatic rings. The Kier molecular flexibility index (Phi) is 1.91. The first-order valence-corrected chi connectivity index (χ1v) is 4.53. The maximum Gasteiger partial charge on any atom is 0.148 e. The van der Waals surface area contributed by atoms with Crippen LogP contribution in [0.15, 0.2) is 12.1 Å². The molecule has 1 aromatic heterocycles. The van der Waals surface area contributed by atoms with Gasteiger partial charge in [0.2, 0.25) is 0 Å². The minimum absolute atomic E-state index is 0.151. The number of nitrogen functional groups attached to an aromatic ring is 1. The minimum Gasteiger partial charge on any atom is -0.396 e. The summed E-state index contributed by atoms with van der Waals surface area (Å²) in [5, 5.41) is 0. The molecular formula is C10H12FN3. The number of nitrogens with zero attached hydrogens (tertiary/aromatic N) is 2. The zero-order valence-electron chi connectivity index (χ0n) is 8.21. The van der Waals surface area contributed by atoms with E-state index in [9.17, 15) is 4.39 Å². The second-order valence-corrected chi connectivity index (χ2v) is 3.30. The molecule has 2 aromatic rings. The van der Waals surface area contributed by atoms with E-state index < -0.39 is 0 Å². The van der Waals surface area contributed by atoms with Crippen molar-refractivity contribution in [2.45, 2.75) is 13.3 Å². The summed E-state index contributed by atoms with van der Waals surface area (Å²) in [4.78, 5) is 4.35. The quantitative estimate of drug-likeness (QED) is 0.702. The fraction of sp³-hybridized carbons (Fsp3) is 0.300. The highest BCUT2D eigenvalue weighted by molar-refractivity contribution is 5.79. The second-order valence-electron chi connectivity index (χ2n) is 3.30. The fourth-order valence-electron chi connectivity index (χ4n) is 1.59. The normalized spacial score (nSPS) is 11.1. The summed E-state index contributed by atoms with van der Waals surface area (Å²) in [7, 11) is 1.88. The van der Waals surface area contributed by atoms with Gasteiger partial charge >= 0.3 is 0 Å². The number of anilines is 1. The van der Waals surface area contributed by atoms with Crippen LogP contribution in [0.25, 0.3) is 11.0 Å². The summed E-state index contributed by atoms with van der Waals surface area (Å²) >= 11 is 0. The SMILES string of the molecule is CCc1nc2cc(N)c(F)cc2n1C. The maximum absolute atomic E-state index is 13.2. The van der Waals surface area contributed by atoms with Crippen LogP contribution in [-0.4, -0.2) is 9.55 Å². The molecule has 0 bridgehead atoms. The van der Waals surface area contributed by atoms with E-state index in [0.29, 0.717) is 0 Å². The molecule has 2 N–H and O–H groups in total. The van der Waals surface area contributed by atoms with Crippen molar-refractivity contribution in [2.24, 2.45) is 7.05 Å². The van der Waals surface area contributed by atoms with Crippen LogP contribution in [0.1, 0.15) is 12.7 Å². The van der Waals surface area contributed by atoms with Crippen molar-refractivity contribution >= 4 is 16.7 Å². The minimum atomic E-state index is -0.386. The summed E-state index contributed by atoms with van der Waals surface area (Å²) in [6, 6.07) is 3.00. The van der Waals surface area contributed by atoms with Gasteiger partial charge in [-0.05, 0) is 6.07 Å². The number of aryl methyl sites for hydroxylation is 2. The molecule has 4 heteroatoms.